The van der Waals surface area contributed by atoms with Crippen molar-refractivity contribution < 1.29 is 17.9 Å². The van der Waals surface area contributed by atoms with Gasteiger partial charge in [0.25, 0.3) is 0 Å². The molecule has 0 bridgehead atoms. The Kier molecular flexibility index (Phi) is 5.85. The number of hydrogen-bond acceptors (Lipinski definition) is 3. The van der Waals surface area contributed by atoms with Crippen LogP contribution in [-0.4, -0.2) is 25.1 Å². The average Bonchev–Trinajstić information content (AvgIpc) is 2.09. The molecule has 0 aromatic carbocycles. The van der Waals surface area contributed by atoms with Gasteiger partial charge in [-0.3, -0.25) is 0 Å². The van der Waals surface area contributed by atoms with Gasteiger partial charge < -0.3 is 16.2 Å². The molecular formula is C9H17F3N2O. The van der Waals surface area contributed by atoms with Gasteiger partial charge in [0.1, 0.15) is 12.8 Å². The molecule has 3 nitrogen and oxygen atoms in total. The summed E-state index contributed by atoms with van der Waals surface area (Å²) in [5, 5.41) is 0. The van der Waals surface area contributed by atoms with Crippen LogP contribution in [0.5, 0.6) is 0 Å². The van der Waals surface area contributed by atoms with E-state index in [1.54, 1.807) is 19.9 Å². The molecule has 0 aromatic rings. The van der Waals surface area contributed by atoms with Crippen molar-refractivity contribution in [1.29, 1.82) is 0 Å². The molecule has 0 rings (SSSR count). The van der Waals surface area contributed by atoms with Crippen molar-refractivity contribution in [2.45, 2.75) is 38.7 Å². The quantitative estimate of drug-likeness (QED) is 0.552. The number of nitrogens with two attached hydrogens (primary N) is 2. The number of halogens is 3. The van der Waals surface area contributed by atoms with E-state index in [1.165, 1.54) is 0 Å². The van der Waals surface area contributed by atoms with Crippen LogP contribution in [0, 0.1) is 0 Å². The second-order valence-corrected chi connectivity index (χ2v) is 3.44. The first-order valence-corrected chi connectivity index (χ1v) is 4.58. The van der Waals surface area contributed by atoms with Crippen molar-refractivity contribution in [2.75, 3.05) is 6.61 Å². The van der Waals surface area contributed by atoms with Crippen LogP contribution in [0.3, 0.4) is 0 Å². The van der Waals surface area contributed by atoms with Crippen molar-refractivity contribution in [2.24, 2.45) is 11.5 Å². The molecular weight excluding hydrogens is 209 g/mol. The van der Waals surface area contributed by atoms with Gasteiger partial charge in [0.2, 0.25) is 0 Å². The molecule has 0 saturated carbocycles. The van der Waals surface area contributed by atoms with Crippen LogP contribution >= 0.6 is 0 Å². The van der Waals surface area contributed by atoms with Crippen LogP contribution in [0.2, 0.25) is 0 Å². The standard InChI is InChI=1S/C9H17F3N2O/c1-6(7(2)13)3-4-8(14)15-5-9(10,11)12/h3,7-8H,4-5,13-14H2,1-2H3/b6-3+. The molecule has 0 aliphatic carbocycles. The van der Waals surface area contributed by atoms with E-state index in [2.05, 4.69) is 4.74 Å². The lowest BCUT2D eigenvalue weighted by atomic mass is 10.1. The Morgan fingerprint density at radius 1 is 1.40 bits per heavy atom. The van der Waals surface area contributed by atoms with Gasteiger partial charge in [-0.1, -0.05) is 11.6 Å². The zero-order chi connectivity index (χ0) is 12.1. The predicted molar refractivity (Wildman–Crippen MR) is 52.0 cm³/mol. The van der Waals surface area contributed by atoms with Gasteiger partial charge in [0.05, 0.1) is 0 Å². The maximum Gasteiger partial charge on any atom is 0.411 e. The van der Waals surface area contributed by atoms with Gasteiger partial charge in [-0.15, -0.1) is 0 Å². The molecule has 0 amide bonds. The Morgan fingerprint density at radius 3 is 2.33 bits per heavy atom. The average molecular weight is 226 g/mol. The molecule has 0 saturated heterocycles. The predicted octanol–water partition coefficient (Wildman–Crippen LogP) is 1.53. The lowest BCUT2D eigenvalue weighted by Crippen LogP contribution is -2.29. The van der Waals surface area contributed by atoms with Crippen molar-refractivity contribution in [3.63, 3.8) is 0 Å². The molecule has 0 heterocycles. The number of ether oxygens (including phenoxy) is 1. The highest BCUT2D eigenvalue weighted by molar-refractivity contribution is 5.05. The van der Waals surface area contributed by atoms with E-state index < -0.39 is 19.0 Å². The van der Waals surface area contributed by atoms with Gasteiger partial charge in [0.15, 0.2) is 0 Å². The largest absolute Gasteiger partial charge is 0.411 e. The van der Waals surface area contributed by atoms with E-state index in [0.29, 0.717) is 0 Å². The van der Waals surface area contributed by atoms with Crippen LogP contribution in [0.15, 0.2) is 11.6 Å². The Labute approximate surface area is 87.3 Å². The Balaban J connectivity index is 3.85. The van der Waals surface area contributed by atoms with E-state index >= 15 is 0 Å². The van der Waals surface area contributed by atoms with Gasteiger partial charge in [-0.05, 0) is 13.8 Å². The van der Waals surface area contributed by atoms with Crippen LogP contribution in [0.4, 0.5) is 13.2 Å². The minimum atomic E-state index is -4.34. The zero-order valence-corrected chi connectivity index (χ0v) is 8.84. The fourth-order valence-electron chi connectivity index (χ4n) is 0.758. The summed E-state index contributed by atoms with van der Waals surface area (Å²) in [5.41, 5.74) is 11.7. The SMILES string of the molecule is C/C(=C\CC(N)OCC(F)(F)F)C(C)N. The first-order valence-electron chi connectivity index (χ1n) is 4.58. The third-order valence-electron chi connectivity index (χ3n) is 1.85. The highest BCUT2D eigenvalue weighted by Crippen LogP contribution is 2.15. The van der Waals surface area contributed by atoms with Crippen molar-refractivity contribution in [3.8, 4) is 0 Å². The third-order valence-corrected chi connectivity index (χ3v) is 1.85. The zero-order valence-electron chi connectivity index (χ0n) is 8.84. The van der Waals surface area contributed by atoms with E-state index in [-0.39, 0.29) is 12.5 Å². The molecule has 0 spiro atoms. The van der Waals surface area contributed by atoms with Crippen molar-refractivity contribution in [3.05, 3.63) is 11.6 Å². The second kappa shape index (κ2) is 6.09. The summed E-state index contributed by atoms with van der Waals surface area (Å²) >= 11 is 0. The summed E-state index contributed by atoms with van der Waals surface area (Å²) in [6.45, 7) is 2.26. The first-order chi connectivity index (χ1) is 6.72. The normalized spacial score (nSPS) is 17.7. The molecule has 0 aliphatic rings. The molecule has 0 radical (unpaired) electrons. The smallest absolute Gasteiger partial charge is 0.354 e. The Hall–Kier alpha value is -0.590. The lowest BCUT2D eigenvalue weighted by Gasteiger charge is -2.13. The van der Waals surface area contributed by atoms with Crippen LogP contribution in [-0.2, 0) is 4.74 Å². The van der Waals surface area contributed by atoms with Crippen LogP contribution in [0.1, 0.15) is 20.3 Å². The summed E-state index contributed by atoms with van der Waals surface area (Å²) in [7, 11) is 0. The highest BCUT2D eigenvalue weighted by Gasteiger charge is 2.28. The molecule has 15 heavy (non-hydrogen) atoms. The van der Waals surface area contributed by atoms with E-state index in [1.807, 2.05) is 0 Å². The topological polar surface area (TPSA) is 61.3 Å². The summed E-state index contributed by atoms with van der Waals surface area (Å²) in [5.74, 6) is 0. The van der Waals surface area contributed by atoms with Crippen LogP contribution in [0.25, 0.3) is 0 Å². The number of hydrogen-bond donors (Lipinski definition) is 2. The van der Waals surface area contributed by atoms with Gasteiger partial charge in [-0.25, -0.2) is 0 Å². The van der Waals surface area contributed by atoms with E-state index in [0.717, 1.165) is 5.57 Å². The molecule has 6 heteroatoms. The molecule has 90 valence electrons. The monoisotopic (exact) mass is 226 g/mol. The summed E-state index contributed by atoms with van der Waals surface area (Å²) in [6, 6.07) is -0.125. The van der Waals surface area contributed by atoms with E-state index in [4.69, 9.17) is 11.5 Å². The second-order valence-electron chi connectivity index (χ2n) is 3.44. The molecule has 2 unspecified atom stereocenters. The number of alkyl halides is 3. The van der Waals surface area contributed by atoms with Gasteiger partial charge >= 0.3 is 6.18 Å². The molecule has 0 aliphatic heterocycles. The Morgan fingerprint density at radius 2 is 1.93 bits per heavy atom. The van der Waals surface area contributed by atoms with Gasteiger partial charge in [-0.2, -0.15) is 13.2 Å². The lowest BCUT2D eigenvalue weighted by molar-refractivity contribution is -0.184. The maximum atomic E-state index is 11.7. The number of rotatable bonds is 5. The molecule has 0 aromatic heterocycles. The van der Waals surface area contributed by atoms with Crippen molar-refractivity contribution in [1.82, 2.24) is 0 Å². The van der Waals surface area contributed by atoms with Crippen molar-refractivity contribution >= 4 is 0 Å². The summed E-state index contributed by atoms with van der Waals surface area (Å²) in [4.78, 5) is 0. The highest BCUT2D eigenvalue weighted by atomic mass is 19.4. The van der Waals surface area contributed by atoms with Gasteiger partial charge in [0, 0.05) is 12.5 Å². The maximum absolute atomic E-state index is 11.7. The minimum absolute atomic E-state index is 0.125. The van der Waals surface area contributed by atoms with E-state index in [9.17, 15) is 13.2 Å². The summed E-state index contributed by atoms with van der Waals surface area (Å²) < 4.78 is 39.6. The molecule has 4 N–H and O–H groups in total. The molecule has 2 atom stereocenters. The third kappa shape index (κ3) is 8.41. The summed E-state index contributed by atoms with van der Waals surface area (Å²) in [6.07, 6.45) is -3.37. The fraction of sp³-hybridized carbons (Fsp3) is 0.778. The fourth-order valence-corrected chi connectivity index (χ4v) is 0.758. The minimum Gasteiger partial charge on any atom is -0.354 e. The van der Waals surface area contributed by atoms with Crippen LogP contribution < -0.4 is 11.5 Å². The Bertz CT molecular complexity index is 214. The first kappa shape index (κ1) is 14.4. The molecule has 0 fully saturated rings.